The van der Waals surface area contributed by atoms with Crippen molar-refractivity contribution in [1.82, 2.24) is 4.57 Å². The molecule has 2 aromatic rings. The van der Waals surface area contributed by atoms with Gasteiger partial charge in [-0.15, -0.1) is 0 Å². The molecule has 2 aliphatic heterocycles. The van der Waals surface area contributed by atoms with E-state index in [1.807, 2.05) is 6.07 Å². The summed E-state index contributed by atoms with van der Waals surface area (Å²) in [5.41, 5.74) is 1.19. The number of carbonyl (C=O) groups is 1. The molecule has 98 valence electrons. The van der Waals surface area contributed by atoms with Crippen LogP contribution in [0.4, 0.5) is 0 Å². The number of ketones is 1. The van der Waals surface area contributed by atoms with Crippen LogP contribution in [0.3, 0.4) is 0 Å². The Balaban J connectivity index is 1.88. The topological polar surface area (TPSA) is 70.7 Å². The Morgan fingerprint density at radius 2 is 2.05 bits per heavy atom. The molecule has 3 heterocycles. The molecule has 6 heteroatoms. The summed E-state index contributed by atoms with van der Waals surface area (Å²) in [5.74, 6) is -0.594. The third kappa shape index (κ3) is 1.50. The molecule has 4 rings (SSSR count). The number of hydrogen-bond acceptors (Lipinski definition) is 5. The molecule has 2 aliphatic rings. The van der Waals surface area contributed by atoms with Gasteiger partial charge in [0.15, 0.2) is 11.4 Å². The van der Waals surface area contributed by atoms with Gasteiger partial charge in [0.05, 0.1) is 18.2 Å². The van der Waals surface area contributed by atoms with E-state index < -0.39 is 12.0 Å². The SMILES string of the molecule is O=C1C[C@H](n2c(=O)oc3ccccc32)[C@@H]2CO[C@H]1O2. The number of para-hydroxylation sites is 2. The minimum Gasteiger partial charge on any atom is -0.408 e. The second-order valence-electron chi connectivity index (χ2n) is 4.78. The fraction of sp³-hybridized carbons (Fsp3) is 0.385. The number of hydrogen-bond donors (Lipinski definition) is 0. The van der Waals surface area contributed by atoms with E-state index in [1.54, 1.807) is 18.2 Å². The van der Waals surface area contributed by atoms with Gasteiger partial charge >= 0.3 is 5.76 Å². The number of fused-ring (bicyclic) bond motifs is 3. The van der Waals surface area contributed by atoms with Crippen molar-refractivity contribution in [1.29, 1.82) is 0 Å². The number of rotatable bonds is 1. The first-order chi connectivity index (χ1) is 9.24. The number of oxazole rings is 1. The van der Waals surface area contributed by atoms with Gasteiger partial charge in [-0.05, 0) is 12.1 Å². The molecule has 1 aromatic carbocycles. The Morgan fingerprint density at radius 1 is 1.21 bits per heavy atom. The normalized spacial score (nSPS) is 30.1. The van der Waals surface area contributed by atoms with Crippen molar-refractivity contribution in [2.24, 2.45) is 0 Å². The molecule has 2 bridgehead atoms. The summed E-state index contributed by atoms with van der Waals surface area (Å²) in [6, 6.07) is 6.79. The smallest absolute Gasteiger partial charge is 0.408 e. The van der Waals surface area contributed by atoms with Gasteiger partial charge in [-0.3, -0.25) is 9.36 Å². The van der Waals surface area contributed by atoms with Crippen LogP contribution in [-0.4, -0.2) is 29.4 Å². The molecule has 0 aliphatic carbocycles. The first-order valence-corrected chi connectivity index (χ1v) is 6.14. The van der Waals surface area contributed by atoms with E-state index in [0.717, 1.165) is 0 Å². The Labute approximate surface area is 107 Å². The molecular weight excluding hydrogens is 250 g/mol. The largest absolute Gasteiger partial charge is 0.420 e. The first kappa shape index (κ1) is 11.0. The second kappa shape index (κ2) is 3.79. The molecule has 0 unspecified atom stereocenters. The minimum atomic E-state index is -0.755. The number of carbonyl (C=O) groups excluding carboxylic acids is 1. The van der Waals surface area contributed by atoms with Gasteiger partial charge < -0.3 is 13.9 Å². The summed E-state index contributed by atoms with van der Waals surface area (Å²) >= 11 is 0. The standard InChI is InChI=1S/C13H11NO5/c15-9-5-8(11-6-17-12(9)18-11)14-7-3-1-2-4-10(7)19-13(14)16/h1-4,8,11-12H,5-6H2/t8-,11-,12-/m0/s1. The van der Waals surface area contributed by atoms with E-state index in [1.165, 1.54) is 4.57 Å². The van der Waals surface area contributed by atoms with E-state index in [9.17, 15) is 9.59 Å². The predicted molar refractivity (Wildman–Crippen MR) is 63.7 cm³/mol. The maximum absolute atomic E-state index is 12.0. The number of nitrogens with zero attached hydrogens (tertiary/aromatic N) is 1. The summed E-state index contributed by atoms with van der Waals surface area (Å²) in [5, 5.41) is 0. The number of ether oxygens (including phenoxy) is 2. The fourth-order valence-corrected chi connectivity index (χ4v) is 2.78. The van der Waals surface area contributed by atoms with Crippen molar-refractivity contribution in [3.05, 3.63) is 34.8 Å². The second-order valence-corrected chi connectivity index (χ2v) is 4.78. The van der Waals surface area contributed by atoms with Crippen LogP contribution in [0.15, 0.2) is 33.5 Å². The summed E-state index contributed by atoms with van der Waals surface area (Å²) < 4.78 is 17.4. The van der Waals surface area contributed by atoms with E-state index in [-0.39, 0.29) is 24.3 Å². The number of benzene rings is 1. The van der Waals surface area contributed by atoms with Crippen LogP contribution in [0.5, 0.6) is 0 Å². The predicted octanol–water partition coefficient (Wildman–Crippen LogP) is 0.850. The fourth-order valence-electron chi connectivity index (χ4n) is 2.78. The molecule has 1 aromatic heterocycles. The van der Waals surface area contributed by atoms with Crippen LogP contribution in [0.2, 0.25) is 0 Å². The number of Topliss-reactive ketones (excluding diaryl/α,β-unsaturated/α-hetero) is 1. The van der Waals surface area contributed by atoms with E-state index >= 15 is 0 Å². The highest BCUT2D eigenvalue weighted by Crippen LogP contribution is 2.33. The zero-order valence-electron chi connectivity index (χ0n) is 9.94. The van der Waals surface area contributed by atoms with Crippen LogP contribution in [-0.2, 0) is 14.3 Å². The molecule has 0 amide bonds. The summed E-state index contributed by atoms with van der Waals surface area (Å²) in [6.07, 6.45) is -0.796. The van der Waals surface area contributed by atoms with E-state index in [4.69, 9.17) is 13.9 Å². The maximum atomic E-state index is 12.0. The highest BCUT2D eigenvalue weighted by Gasteiger charge is 2.45. The molecule has 0 saturated carbocycles. The van der Waals surface area contributed by atoms with Crippen molar-refractivity contribution in [3.8, 4) is 0 Å². The Morgan fingerprint density at radius 3 is 2.95 bits per heavy atom. The highest BCUT2D eigenvalue weighted by atomic mass is 16.7. The Kier molecular flexibility index (Phi) is 2.18. The van der Waals surface area contributed by atoms with Gasteiger partial charge in [-0.25, -0.2) is 4.79 Å². The summed E-state index contributed by atoms with van der Waals surface area (Å²) in [7, 11) is 0. The van der Waals surface area contributed by atoms with Crippen molar-refractivity contribution < 1.29 is 18.7 Å². The highest BCUT2D eigenvalue weighted by molar-refractivity contribution is 5.84. The van der Waals surface area contributed by atoms with Gasteiger partial charge in [0.2, 0.25) is 6.29 Å². The summed E-state index contributed by atoms with van der Waals surface area (Å²) in [4.78, 5) is 23.8. The third-order valence-electron chi connectivity index (χ3n) is 3.66. The van der Waals surface area contributed by atoms with E-state index in [2.05, 4.69) is 0 Å². The Hall–Kier alpha value is -1.92. The molecule has 2 saturated heterocycles. The maximum Gasteiger partial charge on any atom is 0.420 e. The van der Waals surface area contributed by atoms with Crippen LogP contribution >= 0.6 is 0 Å². The average Bonchev–Trinajstić information content (AvgIpc) is 2.96. The molecule has 19 heavy (non-hydrogen) atoms. The molecule has 3 atom stereocenters. The van der Waals surface area contributed by atoms with Gasteiger partial charge in [-0.1, -0.05) is 12.1 Å². The first-order valence-electron chi connectivity index (χ1n) is 6.14. The third-order valence-corrected chi connectivity index (χ3v) is 3.66. The van der Waals surface area contributed by atoms with E-state index in [0.29, 0.717) is 17.7 Å². The molecule has 0 radical (unpaired) electrons. The zero-order valence-corrected chi connectivity index (χ0v) is 9.94. The molecule has 0 spiro atoms. The quantitative estimate of drug-likeness (QED) is 0.761. The van der Waals surface area contributed by atoms with Gasteiger partial charge in [0.25, 0.3) is 0 Å². The van der Waals surface area contributed by atoms with Crippen LogP contribution < -0.4 is 5.76 Å². The van der Waals surface area contributed by atoms with Crippen LogP contribution in [0.1, 0.15) is 12.5 Å². The van der Waals surface area contributed by atoms with Crippen molar-refractivity contribution in [2.75, 3.05) is 6.61 Å². The van der Waals surface area contributed by atoms with Crippen LogP contribution in [0, 0.1) is 0 Å². The lowest BCUT2D eigenvalue weighted by Gasteiger charge is -2.26. The van der Waals surface area contributed by atoms with Gasteiger partial charge in [0.1, 0.15) is 6.10 Å². The minimum absolute atomic E-state index is 0.129. The van der Waals surface area contributed by atoms with Crippen molar-refractivity contribution in [2.45, 2.75) is 24.9 Å². The molecule has 2 fully saturated rings. The lowest BCUT2D eigenvalue weighted by Crippen LogP contribution is -2.39. The Bertz CT molecular complexity index is 715. The lowest BCUT2D eigenvalue weighted by molar-refractivity contribution is -0.156. The monoisotopic (exact) mass is 261 g/mol. The molecular formula is C13H11NO5. The molecule has 0 N–H and O–H groups in total. The lowest BCUT2D eigenvalue weighted by atomic mass is 10.0. The van der Waals surface area contributed by atoms with Crippen LogP contribution in [0.25, 0.3) is 11.1 Å². The average molecular weight is 261 g/mol. The number of aromatic nitrogens is 1. The van der Waals surface area contributed by atoms with Gasteiger partial charge in [-0.2, -0.15) is 0 Å². The molecule has 6 nitrogen and oxygen atoms in total. The van der Waals surface area contributed by atoms with Crippen molar-refractivity contribution >= 4 is 16.9 Å². The zero-order chi connectivity index (χ0) is 13.0. The van der Waals surface area contributed by atoms with Gasteiger partial charge in [0, 0.05) is 6.42 Å². The van der Waals surface area contributed by atoms with Crippen molar-refractivity contribution in [3.63, 3.8) is 0 Å². The summed E-state index contributed by atoms with van der Waals surface area (Å²) in [6.45, 7) is 0.326.